The zero-order valence-electron chi connectivity index (χ0n) is 8.61. The van der Waals surface area contributed by atoms with Gasteiger partial charge in [-0.2, -0.15) is 0 Å². The summed E-state index contributed by atoms with van der Waals surface area (Å²) in [7, 11) is 0. The first-order valence-corrected chi connectivity index (χ1v) is 4.66. The number of carbonyl (C=O) groups is 1. The Hall–Kier alpha value is -1.72. The molecule has 0 bridgehead atoms. The second-order valence-corrected chi connectivity index (χ2v) is 3.02. The molecule has 0 unspecified atom stereocenters. The van der Waals surface area contributed by atoms with Gasteiger partial charge < -0.3 is 9.84 Å². The number of nitrogens with zero attached hydrogens (tertiary/aromatic N) is 1. The van der Waals surface area contributed by atoms with Crippen molar-refractivity contribution < 1.29 is 23.4 Å². The number of aromatic hydroxyl groups is 1. The number of alkyl halides is 2. The quantitative estimate of drug-likeness (QED) is 0.803. The molecule has 1 heterocycles. The summed E-state index contributed by atoms with van der Waals surface area (Å²) in [5, 5.41) is 9.32. The van der Waals surface area contributed by atoms with Crippen LogP contribution in [-0.2, 0) is 16.0 Å². The Morgan fingerprint density at radius 1 is 1.62 bits per heavy atom. The predicted molar refractivity (Wildman–Crippen MR) is 51.2 cm³/mol. The van der Waals surface area contributed by atoms with Crippen molar-refractivity contribution in [2.45, 2.75) is 19.8 Å². The van der Waals surface area contributed by atoms with Crippen molar-refractivity contribution in [3.05, 3.63) is 23.5 Å². The lowest BCUT2D eigenvalue weighted by molar-refractivity contribution is -0.142. The number of esters is 1. The third-order valence-electron chi connectivity index (χ3n) is 1.85. The fourth-order valence-electron chi connectivity index (χ4n) is 1.14. The van der Waals surface area contributed by atoms with Crippen molar-refractivity contribution in [1.82, 2.24) is 4.98 Å². The predicted octanol–water partition coefficient (Wildman–Crippen LogP) is 1.83. The van der Waals surface area contributed by atoms with E-state index in [1.54, 1.807) is 6.92 Å². The number of hydrogen-bond donors (Lipinski definition) is 1. The zero-order valence-corrected chi connectivity index (χ0v) is 8.61. The first kappa shape index (κ1) is 12.4. The molecule has 0 aromatic carbocycles. The van der Waals surface area contributed by atoms with Crippen molar-refractivity contribution >= 4 is 5.97 Å². The van der Waals surface area contributed by atoms with Crippen LogP contribution in [0.25, 0.3) is 0 Å². The molecule has 6 heteroatoms. The fraction of sp³-hybridized carbons (Fsp3) is 0.400. The van der Waals surface area contributed by atoms with Crippen LogP contribution in [0.15, 0.2) is 12.3 Å². The van der Waals surface area contributed by atoms with E-state index in [1.165, 1.54) is 0 Å². The largest absolute Gasteiger partial charge is 0.506 e. The van der Waals surface area contributed by atoms with Gasteiger partial charge in [0.1, 0.15) is 11.4 Å². The maximum atomic E-state index is 12.3. The van der Waals surface area contributed by atoms with Gasteiger partial charge in [0.05, 0.1) is 19.2 Å². The molecular weight excluding hydrogens is 220 g/mol. The lowest BCUT2D eigenvalue weighted by Gasteiger charge is -2.06. The van der Waals surface area contributed by atoms with E-state index in [0.29, 0.717) is 0 Å². The minimum atomic E-state index is -2.73. The van der Waals surface area contributed by atoms with E-state index in [2.05, 4.69) is 9.72 Å². The van der Waals surface area contributed by atoms with E-state index in [-0.39, 0.29) is 24.3 Å². The minimum Gasteiger partial charge on any atom is -0.506 e. The monoisotopic (exact) mass is 231 g/mol. The molecule has 0 atom stereocenters. The van der Waals surface area contributed by atoms with Gasteiger partial charge in [0.15, 0.2) is 0 Å². The highest BCUT2D eigenvalue weighted by molar-refractivity contribution is 5.73. The Bertz CT molecular complexity index is 382. The maximum Gasteiger partial charge on any atom is 0.310 e. The first-order valence-electron chi connectivity index (χ1n) is 4.66. The van der Waals surface area contributed by atoms with Gasteiger partial charge in [-0.3, -0.25) is 9.78 Å². The molecule has 0 radical (unpaired) electrons. The van der Waals surface area contributed by atoms with Gasteiger partial charge in [-0.1, -0.05) is 0 Å². The topological polar surface area (TPSA) is 59.4 Å². The number of carbonyl (C=O) groups excluding carboxylic acids is 1. The lowest BCUT2D eigenvalue weighted by atomic mass is 10.1. The van der Waals surface area contributed by atoms with Crippen LogP contribution in [0.2, 0.25) is 0 Å². The average molecular weight is 231 g/mol. The van der Waals surface area contributed by atoms with Crippen molar-refractivity contribution in [1.29, 1.82) is 0 Å². The molecule has 1 N–H and O–H groups in total. The first-order chi connectivity index (χ1) is 7.54. The Morgan fingerprint density at radius 3 is 2.88 bits per heavy atom. The van der Waals surface area contributed by atoms with E-state index in [4.69, 9.17) is 0 Å². The Morgan fingerprint density at radius 2 is 2.31 bits per heavy atom. The van der Waals surface area contributed by atoms with Gasteiger partial charge >= 0.3 is 5.97 Å². The van der Waals surface area contributed by atoms with E-state index in [9.17, 15) is 18.7 Å². The number of hydrogen-bond acceptors (Lipinski definition) is 4. The summed E-state index contributed by atoms with van der Waals surface area (Å²) < 4.78 is 29.3. The van der Waals surface area contributed by atoms with Crippen LogP contribution in [0.5, 0.6) is 5.75 Å². The third kappa shape index (κ3) is 3.15. The molecule has 0 aliphatic rings. The van der Waals surface area contributed by atoms with Gasteiger partial charge in [-0.15, -0.1) is 0 Å². The van der Waals surface area contributed by atoms with E-state index in [0.717, 1.165) is 12.3 Å². The van der Waals surface area contributed by atoms with Gasteiger partial charge in [0.2, 0.25) is 0 Å². The molecule has 0 aliphatic heterocycles. The summed E-state index contributed by atoms with van der Waals surface area (Å²) in [5.74, 6) is -0.873. The van der Waals surface area contributed by atoms with Gasteiger partial charge in [0, 0.05) is 5.56 Å². The Balaban J connectivity index is 2.86. The normalized spacial score (nSPS) is 10.5. The van der Waals surface area contributed by atoms with Crippen LogP contribution in [0.1, 0.15) is 24.6 Å². The molecule has 1 aromatic heterocycles. The van der Waals surface area contributed by atoms with Crippen molar-refractivity contribution in [2.75, 3.05) is 6.61 Å². The highest BCUT2D eigenvalue weighted by Gasteiger charge is 2.14. The maximum absolute atomic E-state index is 12.3. The summed E-state index contributed by atoms with van der Waals surface area (Å²) in [6.45, 7) is 1.83. The number of pyridine rings is 1. The van der Waals surface area contributed by atoms with Crippen molar-refractivity contribution in [3.63, 3.8) is 0 Å². The van der Waals surface area contributed by atoms with Gasteiger partial charge in [0.25, 0.3) is 6.43 Å². The number of rotatable bonds is 4. The smallest absolute Gasteiger partial charge is 0.310 e. The molecule has 0 saturated heterocycles. The molecule has 1 rings (SSSR count). The highest BCUT2D eigenvalue weighted by Crippen LogP contribution is 2.23. The highest BCUT2D eigenvalue weighted by atomic mass is 19.3. The summed E-state index contributed by atoms with van der Waals surface area (Å²) >= 11 is 0. The molecule has 1 aromatic rings. The van der Waals surface area contributed by atoms with Gasteiger partial charge in [-0.05, 0) is 13.0 Å². The summed E-state index contributed by atoms with van der Waals surface area (Å²) in [6.07, 6.45) is -2.08. The lowest BCUT2D eigenvalue weighted by Crippen LogP contribution is -2.08. The second kappa shape index (κ2) is 5.39. The SMILES string of the molecule is CCOC(=O)Cc1cc(C(F)F)ncc1O. The average Bonchev–Trinajstić information content (AvgIpc) is 2.21. The van der Waals surface area contributed by atoms with Crippen LogP contribution in [0.4, 0.5) is 8.78 Å². The number of ether oxygens (including phenoxy) is 1. The van der Waals surface area contributed by atoms with Gasteiger partial charge in [-0.25, -0.2) is 8.78 Å². The second-order valence-electron chi connectivity index (χ2n) is 3.02. The van der Waals surface area contributed by atoms with Crippen molar-refractivity contribution in [2.24, 2.45) is 0 Å². The molecule has 0 aliphatic carbocycles. The van der Waals surface area contributed by atoms with Crippen LogP contribution < -0.4 is 0 Å². The summed E-state index contributed by atoms with van der Waals surface area (Å²) in [5.41, 5.74) is -0.388. The molecular formula is C10H11F2NO3. The molecule has 88 valence electrons. The van der Waals surface area contributed by atoms with E-state index in [1.807, 2.05) is 0 Å². The third-order valence-corrected chi connectivity index (χ3v) is 1.85. The Kier molecular flexibility index (Phi) is 4.16. The molecule has 0 fully saturated rings. The standard InChI is InChI=1S/C10H11F2NO3/c1-2-16-9(15)4-6-3-7(10(11)12)13-5-8(6)14/h3,5,10,14H,2,4H2,1H3. The van der Waals surface area contributed by atoms with Crippen LogP contribution >= 0.6 is 0 Å². The number of aromatic nitrogens is 1. The zero-order chi connectivity index (χ0) is 12.1. The minimum absolute atomic E-state index is 0.0868. The summed E-state index contributed by atoms with van der Waals surface area (Å²) in [4.78, 5) is 14.4. The van der Waals surface area contributed by atoms with Crippen LogP contribution in [-0.4, -0.2) is 22.7 Å². The number of halogens is 2. The molecule has 16 heavy (non-hydrogen) atoms. The van der Waals surface area contributed by atoms with Crippen molar-refractivity contribution in [3.8, 4) is 5.75 Å². The molecule has 0 amide bonds. The molecule has 0 spiro atoms. The molecule has 0 saturated carbocycles. The van der Waals surface area contributed by atoms with E-state index < -0.39 is 18.1 Å². The summed E-state index contributed by atoms with van der Waals surface area (Å²) in [6, 6.07) is 0.997. The van der Waals surface area contributed by atoms with Crippen LogP contribution in [0.3, 0.4) is 0 Å². The Labute approximate surface area is 90.9 Å². The van der Waals surface area contributed by atoms with E-state index >= 15 is 0 Å². The molecule has 4 nitrogen and oxygen atoms in total. The fourth-order valence-corrected chi connectivity index (χ4v) is 1.14. The van der Waals surface area contributed by atoms with Crippen LogP contribution in [0, 0.1) is 0 Å².